The Hall–Kier alpha value is -2.08. The number of amides is 1. The third-order valence-corrected chi connectivity index (χ3v) is 5.09. The maximum absolute atomic E-state index is 12.5. The number of allylic oxidation sites excluding steroid dienone is 2. The van der Waals surface area contributed by atoms with E-state index in [2.05, 4.69) is 32.3 Å². The summed E-state index contributed by atoms with van der Waals surface area (Å²) >= 11 is 3.47. The van der Waals surface area contributed by atoms with E-state index in [0.717, 1.165) is 40.2 Å². The highest BCUT2D eigenvalue weighted by Crippen LogP contribution is 2.24. The van der Waals surface area contributed by atoms with E-state index in [1.165, 1.54) is 7.11 Å². The minimum Gasteiger partial charge on any atom is -0.467 e. The average Bonchev–Trinajstić information content (AvgIpc) is 3.03. The van der Waals surface area contributed by atoms with Crippen LogP contribution in [0.15, 0.2) is 41.0 Å². The molecule has 0 aliphatic heterocycles. The molecule has 1 aromatic carbocycles. The van der Waals surface area contributed by atoms with Crippen LogP contribution in [-0.4, -0.2) is 30.0 Å². The summed E-state index contributed by atoms with van der Waals surface area (Å²) in [5, 5.41) is 3.91. The smallest absolute Gasteiger partial charge is 0.328 e. The quantitative estimate of drug-likeness (QED) is 0.591. The maximum Gasteiger partial charge on any atom is 0.328 e. The van der Waals surface area contributed by atoms with Gasteiger partial charge in [-0.3, -0.25) is 4.79 Å². The first-order valence-corrected chi connectivity index (χ1v) is 9.16. The van der Waals surface area contributed by atoms with E-state index in [0.29, 0.717) is 6.42 Å². The maximum atomic E-state index is 12.5. The number of benzene rings is 1. The Labute approximate surface area is 154 Å². The molecule has 25 heavy (non-hydrogen) atoms. The van der Waals surface area contributed by atoms with Gasteiger partial charge in [0.15, 0.2) is 0 Å². The van der Waals surface area contributed by atoms with Gasteiger partial charge in [-0.05, 0) is 43.0 Å². The molecule has 0 saturated carbocycles. The molecule has 6 heteroatoms. The summed E-state index contributed by atoms with van der Waals surface area (Å²) in [7, 11) is 1.34. The van der Waals surface area contributed by atoms with E-state index in [9.17, 15) is 9.59 Å². The first-order chi connectivity index (χ1) is 12.1. The minimum atomic E-state index is -0.693. The highest BCUT2D eigenvalue weighted by Gasteiger charge is 2.27. The number of carbonyl (C=O) groups is 2. The van der Waals surface area contributed by atoms with E-state index in [-0.39, 0.29) is 11.8 Å². The second-order valence-corrected chi connectivity index (χ2v) is 7.19. The van der Waals surface area contributed by atoms with E-state index in [1.54, 1.807) is 0 Å². The Bertz CT molecular complexity index is 812. The van der Waals surface area contributed by atoms with Gasteiger partial charge in [0.2, 0.25) is 5.91 Å². The van der Waals surface area contributed by atoms with Crippen molar-refractivity contribution in [1.29, 1.82) is 0 Å². The highest BCUT2D eigenvalue weighted by molar-refractivity contribution is 9.10. The first-order valence-electron chi connectivity index (χ1n) is 8.37. The average molecular weight is 405 g/mol. The number of methoxy groups -OCH3 is 1. The number of halogens is 1. The number of hydrogen-bond donors (Lipinski definition) is 2. The van der Waals surface area contributed by atoms with Crippen molar-refractivity contribution >= 4 is 38.7 Å². The molecular formula is C19H21BrN2O3. The summed E-state index contributed by atoms with van der Waals surface area (Å²) in [6, 6.07) is 5.24. The van der Waals surface area contributed by atoms with Crippen LogP contribution >= 0.6 is 15.9 Å². The number of carbonyl (C=O) groups excluding carboxylic acids is 2. The molecule has 1 amide bonds. The lowest BCUT2D eigenvalue weighted by Gasteiger charge is -2.21. The van der Waals surface area contributed by atoms with E-state index < -0.39 is 12.0 Å². The molecule has 2 aromatic rings. The molecule has 0 saturated heterocycles. The second kappa shape index (κ2) is 7.87. The molecule has 0 bridgehead atoms. The van der Waals surface area contributed by atoms with Crippen molar-refractivity contribution in [1.82, 2.24) is 10.3 Å². The molecular weight excluding hydrogens is 384 g/mol. The van der Waals surface area contributed by atoms with E-state index in [4.69, 9.17) is 4.74 Å². The third kappa shape index (κ3) is 4.12. The SMILES string of the molecule is COC(=O)[C@H](Cc1c[nH]c2ccc(Br)cc12)NC(=O)[C@H]1CC=CCC1. The molecule has 0 fully saturated rings. The zero-order valence-electron chi connectivity index (χ0n) is 14.0. The topological polar surface area (TPSA) is 71.2 Å². The van der Waals surface area contributed by atoms with Crippen LogP contribution in [0.2, 0.25) is 0 Å². The molecule has 1 aliphatic carbocycles. The summed E-state index contributed by atoms with van der Waals surface area (Å²) in [4.78, 5) is 27.9. The number of aromatic nitrogens is 1. The number of rotatable bonds is 5. The van der Waals surface area contributed by atoms with Crippen molar-refractivity contribution < 1.29 is 14.3 Å². The molecule has 5 nitrogen and oxygen atoms in total. The number of nitrogens with one attached hydrogen (secondary N) is 2. The summed E-state index contributed by atoms with van der Waals surface area (Å²) in [6.07, 6.45) is 8.82. The molecule has 1 aromatic heterocycles. The number of fused-ring (bicyclic) bond motifs is 1. The molecule has 1 aliphatic rings. The molecule has 1 heterocycles. The van der Waals surface area contributed by atoms with Gasteiger partial charge in [0.25, 0.3) is 0 Å². The van der Waals surface area contributed by atoms with Crippen molar-refractivity contribution in [2.45, 2.75) is 31.7 Å². The van der Waals surface area contributed by atoms with Crippen LogP contribution in [0.3, 0.4) is 0 Å². The van der Waals surface area contributed by atoms with Gasteiger partial charge in [0.05, 0.1) is 7.11 Å². The third-order valence-electron chi connectivity index (χ3n) is 4.60. The molecule has 0 spiro atoms. The molecule has 2 N–H and O–H groups in total. The number of H-pyrrole nitrogens is 1. The van der Waals surface area contributed by atoms with Gasteiger partial charge in [-0.2, -0.15) is 0 Å². The fourth-order valence-electron chi connectivity index (χ4n) is 3.20. The molecule has 0 radical (unpaired) electrons. The summed E-state index contributed by atoms with van der Waals surface area (Å²) in [6.45, 7) is 0. The van der Waals surface area contributed by atoms with Gasteiger partial charge < -0.3 is 15.0 Å². The van der Waals surface area contributed by atoms with Gasteiger partial charge in [-0.15, -0.1) is 0 Å². The Balaban J connectivity index is 1.78. The van der Waals surface area contributed by atoms with Crippen molar-refractivity contribution in [2.75, 3.05) is 7.11 Å². The lowest BCUT2D eigenvalue weighted by molar-refractivity contribution is -0.145. The van der Waals surface area contributed by atoms with E-state index in [1.807, 2.05) is 30.5 Å². The normalized spacial score (nSPS) is 18.1. The predicted octanol–water partition coefficient (Wildman–Crippen LogP) is 3.49. The lowest BCUT2D eigenvalue weighted by atomic mass is 9.93. The van der Waals surface area contributed by atoms with Crippen LogP contribution < -0.4 is 5.32 Å². The van der Waals surface area contributed by atoms with Crippen molar-refractivity contribution in [3.8, 4) is 0 Å². The Morgan fingerprint density at radius 1 is 1.40 bits per heavy atom. The van der Waals surface area contributed by atoms with Crippen LogP contribution in [0, 0.1) is 5.92 Å². The van der Waals surface area contributed by atoms with Crippen LogP contribution in [0.5, 0.6) is 0 Å². The van der Waals surface area contributed by atoms with Crippen molar-refractivity contribution in [3.63, 3.8) is 0 Å². The standard InChI is InChI=1S/C19H21BrN2O3/c1-25-19(24)17(22-18(23)12-5-3-2-4-6-12)9-13-11-21-16-8-7-14(20)10-15(13)16/h2-3,7-8,10-12,17,21H,4-6,9H2,1H3,(H,22,23)/t12-,17-/m0/s1. The van der Waals surface area contributed by atoms with Gasteiger partial charge in [0.1, 0.15) is 6.04 Å². The van der Waals surface area contributed by atoms with Crippen molar-refractivity contribution in [2.24, 2.45) is 5.92 Å². The second-order valence-electron chi connectivity index (χ2n) is 6.27. The number of hydrogen-bond acceptors (Lipinski definition) is 3. The lowest BCUT2D eigenvalue weighted by Crippen LogP contribution is -2.45. The Morgan fingerprint density at radius 2 is 2.24 bits per heavy atom. The molecule has 0 unspecified atom stereocenters. The monoisotopic (exact) mass is 404 g/mol. The largest absolute Gasteiger partial charge is 0.467 e. The number of aromatic amines is 1. The van der Waals surface area contributed by atoms with Gasteiger partial charge in [0, 0.05) is 33.9 Å². The fraction of sp³-hybridized carbons (Fsp3) is 0.368. The molecule has 132 valence electrons. The minimum absolute atomic E-state index is 0.0748. The Kier molecular flexibility index (Phi) is 5.58. The van der Waals surface area contributed by atoms with E-state index >= 15 is 0 Å². The summed E-state index contributed by atoms with van der Waals surface area (Å²) in [5.74, 6) is -0.584. The molecule has 3 rings (SSSR count). The van der Waals surface area contributed by atoms with Crippen molar-refractivity contribution in [3.05, 3.63) is 46.6 Å². The molecule has 2 atom stereocenters. The zero-order valence-corrected chi connectivity index (χ0v) is 15.6. The number of ether oxygens (including phenoxy) is 1. The first kappa shape index (κ1) is 17.7. The zero-order chi connectivity index (χ0) is 17.8. The van der Waals surface area contributed by atoms with Gasteiger partial charge >= 0.3 is 5.97 Å². The van der Waals surface area contributed by atoms with Gasteiger partial charge in [-0.1, -0.05) is 28.1 Å². The number of esters is 1. The Morgan fingerprint density at radius 3 is 2.96 bits per heavy atom. The predicted molar refractivity (Wildman–Crippen MR) is 100 cm³/mol. The van der Waals surface area contributed by atoms with Crippen LogP contribution in [0.25, 0.3) is 10.9 Å². The summed E-state index contributed by atoms with van der Waals surface area (Å²) in [5.41, 5.74) is 1.96. The highest BCUT2D eigenvalue weighted by atomic mass is 79.9. The van der Waals surface area contributed by atoms with Crippen LogP contribution in [0.4, 0.5) is 0 Å². The summed E-state index contributed by atoms with van der Waals surface area (Å²) < 4.78 is 5.86. The van der Waals surface area contributed by atoms with Gasteiger partial charge in [-0.25, -0.2) is 4.79 Å². The fourth-order valence-corrected chi connectivity index (χ4v) is 3.56. The van der Waals surface area contributed by atoms with Crippen LogP contribution in [0.1, 0.15) is 24.8 Å². The van der Waals surface area contributed by atoms with Crippen LogP contribution in [-0.2, 0) is 20.7 Å².